The summed E-state index contributed by atoms with van der Waals surface area (Å²) in [6.45, 7) is 0. The lowest BCUT2D eigenvalue weighted by Gasteiger charge is -1.94. The summed E-state index contributed by atoms with van der Waals surface area (Å²) in [5, 5.41) is 16.9. The zero-order valence-corrected chi connectivity index (χ0v) is 4.72. The van der Waals surface area contributed by atoms with Crippen LogP contribution in [0.3, 0.4) is 0 Å². The van der Waals surface area contributed by atoms with Gasteiger partial charge in [0.2, 0.25) is 0 Å². The van der Waals surface area contributed by atoms with Crippen molar-refractivity contribution in [2.75, 3.05) is 0 Å². The van der Waals surface area contributed by atoms with Crippen molar-refractivity contribution in [3.8, 4) is 0 Å². The fraction of sp³-hybridized carbons (Fsp3) is 0. The third-order valence-electron chi connectivity index (χ3n) is 1.07. The predicted octanol–water partition coefficient (Wildman–Crippen LogP) is 0.642. The second kappa shape index (κ2) is 1.63. The van der Waals surface area contributed by atoms with Gasteiger partial charge in [-0.25, -0.2) is 0 Å². The van der Waals surface area contributed by atoms with Gasteiger partial charge in [-0.15, -0.1) is 15.3 Å². The summed E-state index contributed by atoms with van der Waals surface area (Å²) in [5.74, 6) is -0.484. The molecule has 6 nitrogen and oxygen atoms in total. The van der Waals surface area contributed by atoms with Gasteiger partial charge in [-0.2, -0.15) is 5.11 Å². The molecule has 0 unspecified atom stereocenters. The molecule has 1 amide bonds. The molecule has 0 aromatic rings. The molecule has 2 heterocycles. The molecule has 2 aliphatic heterocycles. The molecular weight excluding hydrogens is 134 g/mol. The zero-order valence-electron chi connectivity index (χ0n) is 4.72. The first-order valence-electron chi connectivity index (χ1n) is 2.52. The van der Waals surface area contributed by atoms with Crippen molar-refractivity contribution in [2.24, 2.45) is 25.7 Å². The molecule has 0 aliphatic carbocycles. The minimum Gasteiger partial charge on any atom is -0.263 e. The fourth-order valence-electron chi connectivity index (χ4n) is 0.636. The maximum Gasteiger partial charge on any atom is 0.318 e. The van der Waals surface area contributed by atoms with Gasteiger partial charge in [0, 0.05) is 0 Å². The smallest absolute Gasteiger partial charge is 0.263 e. The van der Waals surface area contributed by atoms with E-state index in [0.29, 0.717) is 5.70 Å². The number of fused-ring (bicyclic) bond motifs is 1. The number of rotatable bonds is 0. The van der Waals surface area contributed by atoms with Gasteiger partial charge in [0.05, 0.1) is 6.20 Å². The van der Waals surface area contributed by atoms with E-state index in [-0.39, 0.29) is 5.71 Å². The summed E-state index contributed by atoms with van der Waals surface area (Å²) in [4.78, 5) is 10.7. The van der Waals surface area contributed by atoms with Gasteiger partial charge in [0.1, 0.15) is 5.70 Å². The van der Waals surface area contributed by atoms with Crippen molar-refractivity contribution in [2.45, 2.75) is 0 Å². The van der Waals surface area contributed by atoms with Gasteiger partial charge in [-0.05, 0) is 5.22 Å². The van der Waals surface area contributed by atoms with Gasteiger partial charge in [0.15, 0.2) is 5.71 Å². The summed E-state index contributed by atoms with van der Waals surface area (Å²) < 4.78 is 0. The van der Waals surface area contributed by atoms with Gasteiger partial charge >= 0.3 is 5.91 Å². The molecule has 0 radical (unpaired) electrons. The molecule has 0 fully saturated rings. The van der Waals surface area contributed by atoms with E-state index in [9.17, 15) is 4.79 Å². The maximum absolute atomic E-state index is 10.7. The van der Waals surface area contributed by atoms with E-state index in [4.69, 9.17) is 0 Å². The molecule has 0 aromatic carbocycles. The highest BCUT2D eigenvalue weighted by Gasteiger charge is 2.22. The van der Waals surface area contributed by atoms with Crippen LogP contribution in [0.25, 0.3) is 0 Å². The average Bonchev–Trinajstić information content (AvgIpc) is 2.36. The molecule has 48 valence electrons. The van der Waals surface area contributed by atoms with Crippen LogP contribution in [0.2, 0.25) is 0 Å². The minimum absolute atomic E-state index is 0.176. The van der Waals surface area contributed by atoms with E-state index in [1.165, 1.54) is 6.20 Å². The fourth-order valence-corrected chi connectivity index (χ4v) is 0.636. The third kappa shape index (κ3) is 0.524. The number of amides is 1. The number of hydrogen-bond acceptors (Lipinski definition) is 5. The molecule has 0 bridgehead atoms. The number of nitrogens with zero attached hydrogens (tertiary/aromatic N) is 5. The molecule has 6 heteroatoms. The first kappa shape index (κ1) is 5.10. The van der Waals surface area contributed by atoms with Crippen molar-refractivity contribution < 1.29 is 4.79 Å². The van der Waals surface area contributed by atoms with E-state index in [0.717, 1.165) is 0 Å². The Morgan fingerprint density at radius 3 is 3.00 bits per heavy atom. The molecule has 2 rings (SSSR count). The van der Waals surface area contributed by atoms with Gasteiger partial charge in [-0.3, -0.25) is 4.79 Å². The van der Waals surface area contributed by atoms with Gasteiger partial charge in [0.25, 0.3) is 0 Å². The van der Waals surface area contributed by atoms with E-state index < -0.39 is 5.91 Å². The Bertz CT molecular complexity index is 304. The molecule has 2 aliphatic rings. The van der Waals surface area contributed by atoms with Crippen LogP contribution >= 0.6 is 0 Å². The van der Waals surface area contributed by atoms with Crippen LogP contribution in [-0.2, 0) is 4.79 Å². The van der Waals surface area contributed by atoms with Crippen molar-refractivity contribution in [1.82, 2.24) is 0 Å². The number of hydrogen-bond donors (Lipinski definition) is 0. The Balaban J connectivity index is 2.54. The molecule has 0 N–H and O–H groups in total. The van der Waals surface area contributed by atoms with Crippen LogP contribution in [0.5, 0.6) is 0 Å². The largest absolute Gasteiger partial charge is 0.318 e. The van der Waals surface area contributed by atoms with Crippen LogP contribution < -0.4 is 0 Å². The van der Waals surface area contributed by atoms with Crippen LogP contribution in [0.1, 0.15) is 0 Å². The second-order valence-electron chi connectivity index (χ2n) is 1.67. The summed E-state index contributed by atoms with van der Waals surface area (Å²) in [6.07, 6.45) is 1.34. The Kier molecular flexibility index (Phi) is 0.830. The monoisotopic (exact) mass is 135 g/mol. The molecule has 0 spiro atoms. The predicted molar refractivity (Wildman–Crippen MR) is 30.2 cm³/mol. The normalized spacial score (nSPS) is 20.6. The molecule has 10 heavy (non-hydrogen) atoms. The van der Waals surface area contributed by atoms with Crippen molar-refractivity contribution in [3.63, 3.8) is 0 Å². The second-order valence-corrected chi connectivity index (χ2v) is 1.67. The van der Waals surface area contributed by atoms with E-state index in [1.807, 2.05) is 0 Å². The van der Waals surface area contributed by atoms with Crippen molar-refractivity contribution in [3.05, 3.63) is 11.9 Å². The lowest BCUT2D eigenvalue weighted by Crippen LogP contribution is -2.12. The summed E-state index contributed by atoms with van der Waals surface area (Å²) in [6, 6.07) is 0. The molecule has 0 saturated carbocycles. The van der Waals surface area contributed by atoms with Crippen molar-refractivity contribution in [1.29, 1.82) is 0 Å². The van der Waals surface area contributed by atoms with Crippen LogP contribution in [0, 0.1) is 0 Å². The molecular formula is C4HN5O. The van der Waals surface area contributed by atoms with E-state index in [2.05, 4.69) is 25.7 Å². The quantitative estimate of drug-likeness (QED) is 0.480. The van der Waals surface area contributed by atoms with Crippen molar-refractivity contribution >= 4 is 11.6 Å². The van der Waals surface area contributed by atoms with Gasteiger partial charge in [-0.1, -0.05) is 0 Å². The van der Waals surface area contributed by atoms with Crippen LogP contribution in [0.4, 0.5) is 0 Å². The number of carbonyl (C=O) groups is 1. The SMILES string of the molecule is O=C1N=NC=C2N=NN=C12. The first-order chi connectivity index (χ1) is 4.88. The highest BCUT2D eigenvalue weighted by atomic mass is 16.2. The standard InChI is InChI=1S/C4HN5O/c10-4-3-2(1-5-8-4)6-9-7-3/h1H. The maximum atomic E-state index is 10.7. The molecule has 0 saturated heterocycles. The summed E-state index contributed by atoms with van der Waals surface area (Å²) in [7, 11) is 0. The minimum atomic E-state index is -0.484. The van der Waals surface area contributed by atoms with E-state index >= 15 is 0 Å². The first-order valence-corrected chi connectivity index (χ1v) is 2.52. The van der Waals surface area contributed by atoms with Crippen LogP contribution in [0.15, 0.2) is 37.6 Å². The number of azo groups is 1. The van der Waals surface area contributed by atoms with Gasteiger partial charge < -0.3 is 0 Å². The Hall–Kier alpha value is -1.72. The zero-order chi connectivity index (χ0) is 6.97. The van der Waals surface area contributed by atoms with Crippen LogP contribution in [-0.4, -0.2) is 11.6 Å². The summed E-state index contributed by atoms with van der Waals surface area (Å²) >= 11 is 0. The topological polar surface area (TPSA) is 78.9 Å². The Morgan fingerprint density at radius 1 is 1.30 bits per heavy atom. The lowest BCUT2D eigenvalue weighted by atomic mass is 10.3. The Morgan fingerprint density at radius 2 is 2.20 bits per heavy atom. The van der Waals surface area contributed by atoms with E-state index in [1.54, 1.807) is 0 Å². The molecule has 0 aromatic heterocycles. The highest BCUT2D eigenvalue weighted by Crippen LogP contribution is 2.14. The Labute approximate surface area is 55.1 Å². The number of carbonyl (C=O) groups excluding carboxylic acids is 1. The average molecular weight is 135 g/mol. The summed E-state index contributed by atoms with van der Waals surface area (Å²) in [5.41, 5.74) is 0.565. The third-order valence-corrected chi connectivity index (χ3v) is 1.07. The lowest BCUT2D eigenvalue weighted by molar-refractivity contribution is -0.112. The highest BCUT2D eigenvalue weighted by molar-refractivity contribution is 6.46. The molecule has 0 atom stereocenters.